The molecule has 27 heavy (non-hydrogen) atoms. The van der Waals surface area contributed by atoms with E-state index in [1.165, 1.54) is 7.11 Å². The molecule has 2 fully saturated rings. The molecule has 6 unspecified atom stereocenters. The lowest BCUT2D eigenvalue weighted by molar-refractivity contribution is -0.223. The normalized spacial score (nSPS) is 41.4. The van der Waals surface area contributed by atoms with Gasteiger partial charge in [-0.25, -0.2) is 4.79 Å². The van der Waals surface area contributed by atoms with Gasteiger partial charge in [0.05, 0.1) is 23.5 Å². The van der Waals surface area contributed by atoms with Crippen LogP contribution in [0.25, 0.3) is 0 Å². The van der Waals surface area contributed by atoms with E-state index in [2.05, 4.69) is 6.58 Å². The van der Waals surface area contributed by atoms with E-state index >= 15 is 0 Å². The molecule has 0 saturated carbocycles. The maximum atomic E-state index is 12.3. The number of rotatable bonds is 3. The quantitative estimate of drug-likeness (QED) is 0.454. The lowest BCUT2D eigenvalue weighted by atomic mass is 9.80. The van der Waals surface area contributed by atoms with Crippen LogP contribution in [0.4, 0.5) is 0 Å². The van der Waals surface area contributed by atoms with Crippen LogP contribution in [0.2, 0.25) is 0 Å². The van der Waals surface area contributed by atoms with E-state index in [-0.39, 0.29) is 30.3 Å². The van der Waals surface area contributed by atoms with Gasteiger partial charge in [0.1, 0.15) is 12.2 Å². The first-order valence-electron chi connectivity index (χ1n) is 9.25. The Labute approximate surface area is 159 Å². The molecule has 7 nitrogen and oxygen atoms in total. The first-order valence-corrected chi connectivity index (χ1v) is 9.25. The predicted octanol–water partition coefficient (Wildman–Crippen LogP) is 1.88. The largest absolute Gasteiger partial charge is 0.461 e. The van der Waals surface area contributed by atoms with Crippen molar-refractivity contribution in [1.29, 1.82) is 0 Å². The number of hydrogen-bond donors (Lipinski definition) is 1. The van der Waals surface area contributed by atoms with Gasteiger partial charge in [-0.1, -0.05) is 20.4 Å². The predicted molar refractivity (Wildman–Crippen MR) is 95.5 cm³/mol. The smallest absolute Gasteiger partial charge is 0.334 e. The summed E-state index contributed by atoms with van der Waals surface area (Å²) < 4.78 is 23.1. The molecule has 3 aliphatic rings. The van der Waals surface area contributed by atoms with Crippen LogP contribution in [0.3, 0.4) is 0 Å². The third-order valence-electron chi connectivity index (χ3n) is 5.92. The third kappa shape index (κ3) is 3.22. The summed E-state index contributed by atoms with van der Waals surface area (Å²) in [6, 6.07) is 0. The summed E-state index contributed by atoms with van der Waals surface area (Å²) in [7, 11) is 1.51. The number of esters is 2. The second kappa shape index (κ2) is 6.72. The van der Waals surface area contributed by atoms with Gasteiger partial charge in [0.25, 0.3) is 0 Å². The highest BCUT2D eigenvalue weighted by Crippen LogP contribution is 2.49. The molecule has 0 aromatic heterocycles. The molecule has 0 aromatic carbocycles. The van der Waals surface area contributed by atoms with Crippen molar-refractivity contribution in [1.82, 2.24) is 0 Å². The van der Waals surface area contributed by atoms with Crippen molar-refractivity contribution in [3.05, 3.63) is 23.8 Å². The Balaban J connectivity index is 2.08. The zero-order chi connectivity index (χ0) is 20.1. The van der Waals surface area contributed by atoms with Gasteiger partial charge in [0.2, 0.25) is 0 Å². The van der Waals surface area contributed by atoms with Gasteiger partial charge < -0.3 is 24.1 Å². The van der Waals surface area contributed by atoms with Crippen molar-refractivity contribution in [2.24, 2.45) is 11.8 Å². The van der Waals surface area contributed by atoms with Crippen LogP contribution < -0.4 is 0 Å². The summed E-state index contributed by atoms with van der Waals surface area (Å²) in [6.07, 6.45) is -0.00721. The van der Waals surface area contributed by atoms with E-state index in [0.717, 1.165) is 0 Å². The highest BCUT2D eigenvalue weighted by atomic mass is 16.7. The second-order valence-electron chi connectivity index (χ2n) is 8.20. The molecular weight excluding hydrogens is 352 g/mol. The number of ether oxygens (including phenoxy) is 4. The molecule has 6 atom stereocenters. The highest BCUT2D eigenvalue weighted by molar-refractivity contribution is 5.91. The lowest BCUT2D eigenvalue weighted by Gasteiger charge is -2.35. The standard InChI is InChI=1S/C20H28O7/c1-10(2)17(22)26-14-8-19(5)15(21)9-20(24-6,27-19)11(3)7-13-16(14)12(4)18(23)25-13/h7,10,13-16,21H,4,8-9H2,1-3,5-6H3. The van der Waals surface area contributed by atoms with E-state index in [9.17, 15) is 14.7 Å². The van der Waals surface area contributed by atoms with Crippen LogP contribution in [-0.2, 0) is 28.5 Å². The van der Waals surface area contributed by atoms with Crippen LogP contribution >= 0.6 is 0 Å². The van der Waals surface area contributed by atoms with Gasteiger partial charge in [0.15, 0.2) is 5.79 Å². The zero-order valence-electron chi connectivity index (χ0n) is 16.5. The van der Waals surface area contributed by atoms with Crippen molar-refractivity contribution in [3.8, 4) is 0 Å². The minimum atomic E-state index is -1.12. The monoisotopic (exact) mass is 380 g/mol. The third-order valence-corrected chi connectivity index (χ3v) is 5.92. The Hall–Kier alpha value is -1.70. The first kappa shape index (κ1) is 20.0. The maximum absolute atomic E-state index is 12.3. The van der Waals surface area contributed by atoms with E-state index in [4.69, 9.17) is 18.9 Å². The maximum Gasteiger partial charge on any atom is 0.334 e. The minimum Gasteiger partial charge on any atom is -0.461 e. The molecule has 3 heterocycles. The number of carbonyl (C=O) groups excluding carboxylic acids is 2. The molecule has 2 saturated heterocycles. The van der Waals surface area contributed by atoms with Gasteiger partial charge in [-0.2, -0.15) is 0 Å². The fourth-order valence-electron chi connectivity index (χ4n) is 4.14. The number of fused-ring (bicyclic) bond motifs is 3. The summed E-state index contributed by atoms with van der Waals surface area (Å²) in [5.41, 5.74) is -0.0672. The molecule has 7 heteroatoms. The van der Waals surface area contributed by atoms with Crippen LogP contribution in [0, 0.1) is 11.8 Å². The number of aliphatic hydroxyl groups excluding tert-OH is 1. The van der Waals surface area contributed by atoms with Crippen LogP contribution in [0.5, 0.6) is 0 Å². The first-order chi connectivity index (χ1) is 12.5. The molecule has 3 aliphatic heterocycles. The average Bonchev–Trinajstić information content (AvgIpc) is 3.01. The second-order valence-corrected chi connectivity index (χ2v) is 8.20. The molecule has 0 radical (unpaired) electrons. The molecule has 3 rings (SSSR count). The molecule has 1 N–H and O–H groups in total. The average molecular weight is 380 g/mol. The molecular formula is C20H28O7. The Kier molecular flexibility index (Phi) is 4.99. The number of methoxy groups -OCH3 is 1. The fourth-order valence-corrected chi connectivity index (χ4v) is 4.14. The number of carbonyl (C=O) groups is 2. The van der Waals surface area contributed by atoms with Gasteiger partial charge in [0, 0.05) is 25.5 Å². The highest BCUT2D eigenvalue weighted by Gasteiger charge is 2.59. The van der Waals surface area contributed by atoms with Crippen molar-refractivity contribution in [2.75, 3.05) is 7.11 Å². The van der Waals surface area contributed by atoms with E-state index in [1.54, 1.807) is 26.8 Å². The van der Waals surface area contributed by atoms with Crippen LogP contribution in [0.1, 0.15) is 40.5 Å². The van der Waals surface area contributed by atoms with Gasteiger partial charge in [-0.3, -0.25) is 4.79 Å². The fraction of sp³-hybridized carbons (Fsp3) is 0.700. The summed E-state index contributed by atoms with van der Waals surface area (Å²) in [4.78, 5) is 24.5. The molecule has 0 amide bonds. The summed E-state index contributed by atoms with van der Waals surface area (Å²) in [5, 5.41) is 10.7. The van der Waals surface area contributed by atoms with Crippen molar-refractivity contribution in [2.45, 2.75) is 70.2 Å². The molecule has 0 aromatic rings. The van der Waals surface area contributed by atoms with Crippen LogP contribution in [0.15, 0.2) is 23.8 Å². The van der Waals surface area contributed by atoms with E-state index in [1.807, 2.05) is 6.92 Å². The van der Waals surface area contributed by atoms with Crippen LogP contribution in [-0.4, -0.2) is 53.9 Å². The Bertz CT molecular complexity index is 696. The number of aliphatic hydroxyl groups is 1. The van der Waals surface area contributed by atoms with E-state index in [0.29, 0.717) is 5.57 Å². The lowest BCUT2D eigenvalue weighted by Crippen LogP contribution is -2.45. The summed E-state index contributed by atoms with van der Waals surface area (Å²) in [6.45, 7) is 10.9. The Morgan fingerprint density at radius 3 is 2.67 bits per heavy atom. The van der Waals surface area contributed by atoms with Gasteiger partial charge >= 0.3 is 11.9 Å². The topological polar surface area (TPSA) is 91.3 Å². The molecule has 150 valence electrons. The van der Waals surface area contributed by atoms with Crippen molar-refractivity contribution < 1.29 is 33.6 Å². The molecule has 2 bridgehead atoms. The summed E-state index contributed by atoms with van der Waals surface area (Å²) >= 11 is 0. The Morgan fingerprint density at radius 2 is 2.07 bits per heavy atom. The zero-order valence-corrected chi connectivity index (χ0v) is 16.5. The van der Waals surface area contributed by atoms with Gasteiger partial charge in [-0.05, 0) is 25.5 Å². The molecule has 0 spiro atoms. The SMILES string of the molecule is C=C1C(=O)OC2C=C(C)C3(OC)CC(O)C(C)(CC(OC(=O)C(C)C)C12)O3. The number of hydrogen-bond acceptors (Lipinski definition) is 7. The van der Waals surface area contributed by atoms with Crippen molar-refractivity contribution in [3.63, 3.8) is 0 Å². The van der Waals surface area contributed by atoms with Gasteiger partial charge in [-0.15, -0.1) is 0 Å². The van der Waals surface area contributed by atoms with E-state index < -0.39 is 41.6 Å². The minimum absolute atomic E-state index is 0.190. The van der Waals surface area contributed by atoms with Crippen molar-refractivity contribution >= 4 is 11.9 Å². The molecule has 0 aliphatic carbocycles. The summed E-state index contributed by atoms with van der Waals surface area (Å²) in [5.74, 6) is -2.90. The Morgan fingerprint density at radius 1 is 1.41 bits per heavy atom.